The Morgan fingerprint density at radius 1 is 0.886 bits per heavy atom. The molecule has 3 N–H and O–H groups in total. The predicted molar refractivity (Wildman–Crippen MR) is 132 cm³/mol. The topological polar surface area (TPSA) is 102 Å². The molecule has 0 saturated heterocycles. The number of rotatable bonds is 8. The van der Waals surface area contributed by atoms with E-state index in [0.717, 1.165) is 22.3 Å². The average molecular weight is 472 g/mol. The van der Waals surface area contributed by atoms with Crippen molar-refractivity contribution in [3.63, 3.8) is 0 Å². The Balaban J connectivity index is 1.47. The molecule has 0 unspecified atom stereocenters. The molecule has 3 aromatic rings. The molecule has 0 aliphatic carbocycles. The number of carbonyl (C=O) groups excluding carboxylic acids is 3. The van der Waals surface area contributed by atoms with Gasteiger partial charge in [0.15, 0.2) is 0 Å². The summed E-state index contributed by atoms with van der Waals surface area (Å²) in [6, 6.07) is 25.1. The molecule has 4 rings (SSSR count). The number of aryl methyl sites for hydroxylation is 1. The van der Waals surface area contributed by atoms with Crippen LogP contribution in [0.15, 0.2) is 84.9 Å². The highest BCUT2D eigenvalue weighted by atomic mass is 16.6. The average Bonchev–Trinajstić information content (AvgIpc) is 2.89. The third kappa shape index (κ3) is 6.26. The lowest BCUT2D eigenvalue weighted by atomic mass is 9.93. The quantitative estimate of drug-likeness (QED) is 0.526. The molecule has 0 radical (unpaired) electrons. The summed E-state index contributed by atoms with van der Waals surface area (Å²) in [7, 11) is 0. The van der Waals surface area contributed by atoms with Gasteiger partial charge in [0.05, 0.1) is 6.54 Å². The zero-order valence-electron chi connectivity index (χ0n) is 19.4. The first-order valence-corrected chi connectivity index (χ1v) is 11.7. The molecule has 0 saturated carbocycles. The fourth-order valence-corrected chi connectivity index (χ4v) is 4.26. The number of carbonyl (C=O) groups is 3. The zero-order valence-corrected chi connectivity index (χ0v) is 19.4. The van der Waals surface area contributed by atoms with Crippen molar-refractivity contribution in [2.45, 2.75) is 44.5 Å². The van der Waals surface area contributed by atoms with Crippen LogP contribution in [0.1, 0.15) is 28.7 Å². The molecule has 2 atom stereocenters. The van der Waals surface area contributed by atoms with Gasteiger partial charge >= 0.3 is 6.09 Å². The Bertz CT molecular complexity index is 1170. The van der Waals surface area contributed by atoms with Crippen LogP contribution in [-0.4, -0.2) is 34.9 Å². The molecule has 7 nitrogen and oxygen atoms in total. The van der Waals surface area contributed by atoms with Crippen molar-refractivity contribution in [3.8, 4) is 0 Å². The van der Waals surface area contributed by atoms with Crippen LogP contribution in [0.4, 0.5) is 4.79 Å². The van der Waals surface area contributed by atoms with Crippen molar-refractivity contribution in [3.05, 3.63) is 107 Å². The van der Waals surface area contributed by atoms with E-state index in [-0.39, 0.29) is 13.2 Å². The van der Waals surface area contributed by atoms with Gasteiger partial charge in [-0.15, -0.1) is 0 Å². The number of ether oxygens (including phenoxy) is 1. The van der Waals surface area contributed by atoms with Gasteiger partial charge in [-0.1, -0.05) is 84.9 Å². The van der Waals surface area contributed by atoms with Gasteiger partial charge in [-0.05, 0) is 35.1 Å². The van der Waals surface area contributed by atoms with E-state index in [4.69, 9.17) is 10.5 Å². The number of fused-ring (bicyclic) bond motifs is 1. The van der Waals surface area contributed by atoms with Crippen LogP contribution in [0.3, 0.4) is 0 Å². The summed E-state index contributed by atoms with van der Waals surface area (Å²) in [6.45, 7) is 0.348. The zero-order chi connectivity index (χ0) is 24.6. The van der Waals surface area contributed by atoms with Crippen molar-refractivity contribution >= 4 is 17.9 Å². The van der Waals surface area contributed by atoms with Crippen LogP contribution in [0, 0.1) is 0 Å². The lowest BCUT2D eigenvalue weighted by Gasteiger charge is -2.35. The normalized spacial score (nSPS) is 15.5. The maximum Gasteiger partial charge on any atom is 0.411 e. The van der Waals surface area contributed by atoms with Gasteiger partial charge in [0.1, 0.15) is 18.7 Å². The number of primary amides is 1. The van der Waals surface area contributed by atoms with Crippen molar-refractivity contribution in [2.24, 2.45) is 5.73 Å². The van der Waals surface area contributed by atoms with Crippen LogP contribution >= 0.6 is 0 Å². The Kier molecular flexibility index (Phi) is 7.77. The second kappa shape index (κ2) is 11.3. The maximum absolute atomic E-state index is 13.4. The minimum absolute atomic E-state index is 0.104. The summed E-state index contributed by atoms with van der Waals surface area (Å²) in [5.74, 6) is -1.03. The minimum Gasteiger partial charge on any atom is -0.445 e. The van der Waals surface area contributed by atoms with Gasteiger partial charge in [-0.3, -0.25) is 14.5 Å². The highest BCUT2D eigenvalue weighted by Crippen LogP contribution is 2.25. The van der Waals surface area contributed by atoms with Crippen LogP contribution in [-0.2, 0) is 40.3 Å². The first-order valence-electron chi connectivity index (χ1n) is 11.7. The number of nitrogens with one attached hydrogen (secondary N) is 1. The first kappa shape index (κ1) is 24.0. The maximum atomic E-state index is 13.4. The van der Waals surface area contributed by atoms with E-state index in [9.17, 15) is 14.4 Å². The molecule has 1 aliphatic heterocycles. The Morgan fingerprint density at radius 2 is 1.49 bits per heavy atom. The summed E-state index contributed by atoms with van der Waals surface area (Å²) in [6.07, 6.45) is 0.702. The van der Waals surface area contributed by atoms with Crippen LogP contribution in [0.5, 0.6) is 0 Å². The fourth-order valence-electron chi connectivity index (χ4n) is 4.26. The van der Waals surface area contributed by atoms with E-state index < -0.39 is 30.0 Å². The number of hydrogen-bond acceptors (Lipinski definition) is 4. The number of amides is 3. The van der Waals surface area contributed by atoms with Crippen molar-refractivity contribution in [1.29, 1.82) is 0 Å². The summed E-state index contributed by atoms with van der Waals surface area (Å²) >= 11 is 0. The monoisotopic (exact) mass is 471 g/mol. The number of benzene rings is 3. The van der Waals surface area contributed by atoms with Crippen molar-refractivity contribution < 1.29 is 19.1 Å². The predicted octanol–water partition coefficient (Wildman–Crippen LogP) is 3.35. The van der Waals surface area contributed by atoms with Crippen LogP contribution in [0.25, 0.3) is 0 Å². The smallest absolute Gasteiger partial charge is 0.411 e. The molecule has 3 aromatic carbocycles. The van der Waals surface area contributed by atoms with Gasteiger partial charge in [0.2, 0.25) is 11.8 Å². The molecule has 0 bridgehead atoms. The lowest BCUT2D eigenvalue weighted by molar-refractivity contribution is -0.131. The highest BCUT2D eigenvalue weighted by molar-refractivity contribution is 5.91. The summed E-state index contributed by atoms with van der Waals surface area (Å²) in [5.41, 5.74) is 9.45. The SMILES string of the molecule is NC(=O)[C@@H](CCc1ccccc1)NC(=O)[C@@H]1Cc2ccccc2CN1C(=O)OCc1ccccc1. The van der Waals surface area contributed by atoms with E-state index in [1.807, 2.05) is 84.9 Å². The minimum atomic E-state index is -0.845. The van der Waals surface area contributed by atoms with Crippen molar-refractivity contribution in [1.82, 2.24) is 10.2 Å². The largest absolute Gasteiger partial charge is 0.445 e. The molecule has 0 fully saturated rings. The van der Waals surface area contributed by atoms with Crippen molar-refractivity contribution in [2.75, 3.05) is 0 Å². The van der Waals surface area contributed by atoms with Gasteiger partial charge in [0, 0.05) is 6.42 Å². The summed E-state index contributed by atoms with van der Waals surface area (Å²) in [4.78, 5) is 40.0. The molecular formula is C28H29N3O4. The third-order valence-corrected chi connectivity index (χ3v) is 6.22. The van der Waals surface area contributed by atoms with Gasteiger partial charge in [0.25, 0.3) is 0 Å². The van der Waals surface area contributed by atoms with E-state index >= 15 is 0 Å². The molecule has 3 amide bonds. The molecule has 7 heteroatoms. The van der Waals surface area contributed by atoms with Gasteiger partial charge in [-0.25, -0.2) is 4.79 Å². The van der Waals surface area contributed by atoms with Crippen LogP contribution < -0.4 is 11.1 Å². The molecule has 35 heavy (non-hydrogen) atoms. The summed E-state index contributed by atoms with van der Waals surface area (Å²) < 4.78 is 5.54. The molecule has 1 aliphatic rings. The summed E-state index contributed by atoms with van der Waals surface area (Å²) in [5, 5.41) is 2.78. The van der Waals surface area contributed by atoms with Gasteiger partial charge < -0.3 is 15.8 Å². The third-order valence-electron chi connectivity index (χ3n) is 6.22. The second-order valence-corrected chi connectivity index (χ2v) is 8.64. The van der Waals surface area contributed by atoms with E-state index in [1.54, 1.807) is 0 Å². The second-order valence-electron chi connectivity index (χ2n) is 8.64. The number of hydrogen-bond donors (Lipinski definition) is 2. The van der Waals surface area contributed by atoms with Crippen LogP contribution in [0.2, 0.25) is 0 Å². The fraction of sp³-hybridized carbons (Fsp3) is 0.250. The first-order chi connectivity index (χ1) is 17.0. The lowest BCUT2D eigenvalue weighted by Crippen LogP contribution is -2.56. The molecule has 0 aromatic heterocycles. The molecule has 0 spiro atoms. The standard InChI is InChI=1S/C28H29N3O4/c29-26(32)24(16-15-20-9-3-1-4-10-20)30-27(33)25-17-22-13-7-8-14-23(22)18-31(25)28(34)35-19-21-11-5-2-6-12-21/h1-14,24-25H,15-19H2,(H2,29,32)(H,30,33)/t24-,25+/m1/s1. The Hall–Kier alpha value is -4.13. The highest BCUT2D eigenvalue weighted by Gasteiger charge is 2.36. The number of nitrogens with zero attached hydrogens (tertiary/aromatic N) is 1. The molecule has 1 heterocycles. The molecule has 180 valence electrons. The van der Waals surface area contributed by atoms with E-state index in [0.29, 0.717) is 19.3 Å². The van der Waals surface area contributed by atoms with E-state index in [2.05, 4.69) is 5.32 Å². The van der Waals surface area contributed by atoms with E-state index in [1.165, 1.54) is 4.90 Å². The number of nitrogens with two attached hydrogens (primary N) is 1. The van der Waals surface area contributed by atoms with Gasteiger partial charge in [-0.2, -0.15) is 0 Å². The molecular weight excluding hydrogens is 442 g/mol. The Morgan fingerprint density at radius 3 is 2.14 bits per heavy atom. The Labute approximate surface area is 204 Å².